The second-order valence-corrected chi connectivity index (χ2v) is 2.83. The number of aryl methyl sites for hydroxylation is 1. The van der Waals surface area contributed by atoms with E-state index in [-0.39, 0.29) is 5.82 Å². The van der Waals surface area contributed by atoms with E-state index in [1.54, 1.807) is 11.6 Å². The van der Waals surface area contributed by atoms with Crippen LogP contribution in [0.15, 0.2) is 0 Å². The van der Waals surface area contributed by atoms with Crippen molar-refractivity contribution in [2.24, 2.45) is 0 Å². The van der Waals surface area contributed by atoms with Crippen LogP contribution in [-0.2, 0) is 6.54 Å². The maximum absolute atomic E-state index is 10.4. The molecule has 0 fully saturated rings. The lowest BCUT2D eigenvalue weighted by Gasteiger charge is -1.97. The second-order valence-electron chi connectivity index (χ2n) is 2.83. The van der Waals surface area contributed by atoms with Gasteiger partial charge in [0.15, 0.2) is 0 Å². The number of rotatable bonds is 4. The highest BCUT2D eigenvalue weighted by Gasteiger charge is 2.18. The van der Waals surface area contributed by atoms with E-state index in [0.717, 1.165) is 12.8 Å². The molecule has 0 saturated carbocycles. The summed E-state index contributed by atoms with van der Waals surface area (Å²) in [7, 11) is 0. The van der Waals surface area contributed by atoms with Crippen molar-refractivity contribution in [2.75, 3.05) is 0 Å². The first-order valence-corrected chi connectivity index (χ1v) is 4.21. The third-order valence-corrected chi connectivity index (χ3v) is 1.85. The Kier molecular flexibility index (Phi) is 2.94. The van der Waals surface area contributed by atoms with Crippen LogP contribution in [0, 0.1) is 17.0 Å². The van der Waals surface area contributed by atoms with Gasteiger partial charge in [-0.15, -0.1) is 0 Å². The first-order valence-electron chi connectivity index (χ1n) is 4.21. The van der Waals surface area contributed by atoms with Gasteiger partial charge in [-0.2, -0.15) is 0 Å². The quantitative estimate of drug-likeness (QED) is 0.522. The molecule has 0 atom stereocenters. The summed E-state index contributed by atoms with van der Waals surface area (Å²) in [6.07, 6.45) is 1.99. The average Bonchev–Trinajstić information content (AvgIpc) is 2.43. The van der Waals surface area contributed by atoms with Gasteiger partial charge in [-0.3, -0.25) is 0 Å². The summed E-state index contributed by atoms with van der Waals surface area (Å²) in [6.45, 7) is 4.41. The monoisotopic (exact) mass is 184 g/mol. The molecule has 6 heteroatoms. The van der Waals surface area contributed by atoms with Gasteiger partial charge < -0.3 is 10.1 Å². The van der Waals surface area contributed by atoms with Gasteiger partial charge in [-0.1, -0.05) is 13.3 Å². The number of nitro groups is 1. The Bertz CT molecular complexity index is 307. The van der Waals surface area contributed by atoms with Gasteiger partial charge in [0.05, 0.1) is 5.21 Å². The third kappa shape index (κ3) is 2.01. The highest BCUT2D eigenvalue weighted by Crippen LogP contribution is 2.12. The summed E-state index contributed by atoms with van der Waals surface area (Å²) >= 11 is 0. The minimum atomic E-state index is -0.509. The van der Waals surface area contributed by atoms with Crippen molar-refractivity contribution < 1.29 is 4.92 Å². The van der Waals surface area contributed by atoms with Crippen LogP contribution < -0.4 is 0 Å². The fourth-order valence-electron chi connectivity index (χ4n) is 1.04. The molecule has 1 rings (SSSR count). The van der Waals surface area contributed by atoms with E-state index >= 15 is 0 Å². The number of unbranched alkanes of at least 4 members (excludes halogenated alkanes) is 1. The number of aromatic nitrogens is 3. The van der Waals surface area contributed by atoms with Crippen molar-refractivity contribution in [2.45, 2.75) is 33.2 Å². The van der Waals surface area contributed by atoms with Gasteiger partial charge in [-0.05, 0) is 18.3 Å². The van der Waals surface area contributed by atoms with E-state index in [2.05, 4.69) is 17.2 Å². The first-order chi connectivity index (χ1) is 6.16. The minimum Gasteiger partial charge on any atom is -0.358 e. The fraction of sp³-hybridized carbons (Fsp3) is 0.714. The molecule has 13 heavy (non-hydrogen) atoms. The van der Waals surface area contributed by atoms with Gasteiger partial charge in [0, 0.05) is 6.54 Å². The molecule has 0 radical (unpaired) electrons. The van der Waals surface area contributed by atoms with E-state index in [9.17, 15) is 10.1 Å². The average molecular weight is 184 g/mol. The molecule has 0 N–H and O–H groups in total. The Labute approximate surface area is 75.7 Å². The lowest BCUT2D eigenvalue weighted by Crippen LogP contribution is -2.02. The number of hydrogen-bond donors (Lipinski definition) is 0. The van der Waals surface area contributed by atoms with E-state index in [4.69, 9.17) is 0 Å². The SMILES string of the molecule is CCCCn1nnc([N+](=O)[O-])c1C. The molecule has 0 saturated heterocycles. The van der Waals surface area contributed by atoms with E-state index in [1.165, 1.54) is 0 Å². The molecule has 72 valence electrons. The maximum Gasteiger partial charge on any atom is 0.413 e. The van der Waals surface area contributed by atoms with Gasteiger partial charge in [-0.25, -0.2) is 4.68 Å². The predicted octanol–water partition coefficient (Wildman–Crippen LogP) is 1.29. The van der Waals surface area contributed by atoms with Crippen LogP contribution in [0.3, 0.4) is 0 Å². The molecule has 1 heterocycles. The lowest BCUT2D eigenvalue weighted by atomic mass is 10.3. The Morgan fingerprint density at radius 2 is 2.31 bits per heavy atom. The van der Waals surface area contributed by atoms with Crippen molar-refractivity contribution >= 4 is 5.82 Å². The van der Waals surface area contributed by atoms with E-state index in [0.29, 0.717) is 12.2 Å². The molecule has 0 aliphatic heterocycles. The van der Waals surface area contributed by atoms with Crippen molar-refractivity contribution in [3.05, 3.63) is 15.8 Å². The largest absolute Gasteiger partial charge is 0.413 e. The van der Waals surface area contributed by atoms with Crippen molar-refractivity contribution in [3.63, 3.8) is 0 Å². The van der Waals surface area contributed by atoms with Crippen LogP contribution in [0.5, 0.6) is 0 Å². The molecule has 0 spiro atoms. The zero-order valence-electron chi connectivity index (χ0n) is 7.73. The van der Waals surface area contributed by atoms with Crippen molar-refractivity contribution in [1.29, 1.82) is 0 Å². The minimum absolute atomic E-state index is 0.142. The molecule has 0 aliphatic rings. The zero-order chi connectivity index (χ0) is 9.84. The molecule has 6 nitrogen and oxygen atoms in total. The molecule has 0 unspecified atom stereocenters. The second kappa shape index (κ2) is 3.97. The van der Waals surface area contributed by atoms with Crippen LogP contribution in [0.25, 0.3) is 0 Å². The molecule has 1 aromatic heterocycles. The maximum atomic E-state index is 10.4. The summed E-state index contributed by atoms with van der Waals surface area (Å²) < 4.78 is 1.57. The van der Waals surface area contributed by atoms with Crippen molar-refractivity contribution in [1.82, 2.24) is 15.0 Å². The summed E-state index contributed by atoms with van der Waals surface area (Å²) in [5, 5.41) is 17.6. The van der Waals surface area contributed by atoms with Crippen LogP contribution >= 0.6 is 0 Å². The normalized spacial score (nSPS) is 10.3. The highest BCUT2D eigenvalue weighted by molar-refractivity contribution is 5.22. The van der Waals surface area contributed by atoms with Gasteiger partial charge >= 0.3 is 5.82 Å². The summed E-state index contributed by atoms with van der Waals surface area (Å²) in [4.78, 5) is 9.89. The smallest absolute Gasteiger partial charge is 0.358 e. The summed E-state index contributed by atoms with van der Waals surface area (Å²) in [5.74, 6) is -0.142. The molecule has 0 bridgehead atoms. The van der Waals surface area contributed by atoms with Crippen molar-refractivity contribution in [3.8, 4) is 0 Å². The van der Waals surface area contributed by atoms with Gasteiger partial charge in [0.2, 0.25) is 0 Å². The topological polar surface area (TPSA) is 73.8 Å². The van der Waals surface area contributed by atoms with Gasteiger partial charge in [0.1, 0.15) is 10.8 Å². The Hall–Kier alpha value is -1.46. The predicted molar refractivity (Wildman–Crippen MR) is 46.3 cm³/mol. The number of hydrogen-bond acceptors (Lipinski definition) is 4. The standard InChI is InChI=1S/C7H12N4O2/c1-3-4-5-10-6(2)7(8-9-10)11(12)13/h3-5H2,1-2H3. The van der Waals surface area contributed by atoms with E-state index in [1.807, 2.05) is 0 Å². The first kappa shape index (κ1) is 9.63. The van der Waals surface area contributed by atoms with Crippen LogP contribution in [0.4, 0.5) is 5.82 Å². The lowest BCUT2D eigenvalue weighted by molar-refractivity contribution is -0.390. The molecular weight excluding hydrogens is 172 g/mol. The number of nitrogens with zero attached hydrogens (tertiary/aromatic N) is 4. The van der Waals surface area contributed by atoms with Crippen LogP contribution in [-0.4, -0.2) is 19.9 Å². The summed E-state index contributed by atoms with van der Waals surface area (Å²) in [5.41, 5.74) is 0.526. The highest BCUT2D eigenvalue weighted by atomic mass is 16.6. The molecule has 0 amide bonds. The third-order valence-electron chi connectivity index (χ3n) is 1.85. The Balaban J connectivity index is 2.80. The van der Waals surface area contributed by atoms with E-state index < -0.39 is 4.92 Å². The summed E-state index contributed by atoms with van der Waals surface area (Å²) in [6, 6.07) is 0. The Morgan fingerprint density at radius 3 is 2.77 bits per heavy atom. The fourth-order valence-corrected chi connectivity index (χ4v) is 1.04. The van der Waals surface area contributed by atoms with Gasteiger partial charge in [0.25, 0.3) is 0 Å². The zero-order valence-corrected chi connectivity index (χ0v) is 7.73. The molecular formula is C7H12N4O2. The van der Waals surface area contributed by atoms with Crippen LogP contribution in [0.1, 0.15) is 25.5 Å². The molecule has 0 aliphatic carbocycles. The molecule has 0 aromatic carbocycles. The molecule has 1 aromatic rings. The van der Waals surface area contributed by atoms with Crippen LogP contribution in [0.2, 0.25) is 0 Å². The Morgan fingerprint density at radius 1 is 1.62 bits per heavy atom.